The number of nitrogens with one attached hydrogen (secondary N) is 2. The first-order valence-corrected chi connectivity index (χ1v) is 6.76. The Bertz CT molecular complexity index is 198. The van der Waals surface area contributed by atoms with Crippen molar-refractivity contribution >= 4 is 5.91 Å². The highest BCUT2D eigenvalue weighted by Gasteiger charge is 2.12. The summed E-state index contributed by atoms with van der Waals surface area (Å²) in [5, 5.41) is 14.8. The predicted octanol–water partition coefficient (Wildman–Crippen LogP) is 1.43. The predicted molar refractivity (Wildman–Crippen MR) is 70.9 cm³/mol. The van der Waals surface area contributed by atoms with Crippen LogP contribution >= 0.6 is 0 Å². The first kappa shape index (κ1) is 16.4. The van der Waals surface area contributed by atoms with E-state index >= 15 is 0 Å². The smallest absolute Gasteiger partial charge is 0.237 e. The Morgan fingerprint density at radius 3 is 2.41 bits per heavy atom. The Hall–Kier alpha value is -0.610. The maximum Gasteiger partial charge on any atom is 0.237 e. The molecule has 17 heavy (non-hydrogen) atoms. The summed E-state index contributed by atoms with van der Waals surface area (Å²) in [6.07, 6.45) is 5.06. The quantitative estimate of drug-likeness (QED) is 0.510. The third-order valence-electron chi connectivity index (χ3n) is 2.93. The lowest BCUT2D eigenvalue weighted by Gasteiger charge is -2.17. The third kappa shape index (κ3) is 9.12. The van der Waals surface area contributed by atoms with E-state index in [4.69, 9.17) is 5.11 Å². The van der Waals surface area contributed by atoms with E-state index in [0.717, 1.165) is 38.6 Å². The lowest BCUT2D eigenvalue weighted by atomic mass is 10.2. The fourth-order valence-electron chi connectivity index (χ4n) is 1.47. The van der Waals surface area contributed by atoms with Gasteiger partial charge in [0.05, 0.1) is 6.04 Å². The van der Waals surface area contributed by atoms with Crippen molar-refractivity contribution in [3.8, 4) is 0 Å². The van der Waals surface area contributed by atoms with Crippen LogP contribution < -0.4 is 10.6 Å². The van der Waals surface area contributed by atoms with Gasteiger partial charge in [0.1, 0.15) is 0 Å². The Labute approximate surface area is 105 Å². The standard InChI is InChI=1S/C13H28N2O2/c1-4-11(2)15-13(17)12(3)14-9-7-5-6-8-10-16/h11-12,14,16H,4-10H2,1-3H3,(H,15,17). The first-order valence-electron chi connectivity index (χ1n) is 6.76. The van der Waals surface area contributed by atoms with Crippen LogP contribution in [0.25, 0.3) is 0 Å². The summed E-state index contributed by atoms with van der Waals surface area (Å²) in [5.74, 6) is 0.0784. The molecule has 4 heteroatoms. The average molecular weight is 244 g/mol. The van der Waals surface area contributed by atoms with Gasteiger partial charge in [-0.05, 0) is 39.7 Å². The van der Waals surface area contributed by atoms with Crippen molar-refractivity contribution in [1.29, 1.82) is 0 Å². The Morgan fingerprint density at radius 2 is 1.82 bits per heavy atom. The molecule has 1 amide bonds. The molecule has 0 spiro atoms. The van der Waals surface area contributed by atoms with E-state index in [-0.39, 0.29) is 24.6 Å². The number of aliphatic hydroxyl groups excluding tert-OH is 1. The van der Waals surface area contributed by atoms with Crippen LogP contribution in [0.5, 0.6) is 0 Å². The maximum absolute atomic E-state index is 11.7. The summed E-state index contributed by atoms with van der Waals surface area (Å²) in [6.45, 7) is 7.11. The van der Waals surface area contributed by atoms with Crippen molar-refractivity contribution in [2.24, 2.45) is 0 Å². The van der Waals surface area contributed by atoms with Gasteiger partial charge in [0.15, 0.2) is 0 Å². The van der Waals surface area contributed by atoms with E-state index in [1.807, 2.05) is 13.8 Å². The molecule has 2 unspecified atom stereocenters. The molecule has 4 nitrogen and oxygen atoms in total. The van der Waals surface area contributed by atoms with Crippen molar-refractivity contribution in [3.05, 3.63) is 0 Å². The average Bonchev–Trinajstić information content (AvgIpc) is 2.32. The van der Waals surface area contributed by atoms with Crippen molar-refractivity contribution < 1.29 is 9.90 Å². The molecule has 0 rings (SSSR count). The summed E-state index contributed by atoms with van der Waals surface area (Å²) in [7, 11) is 0. The minimum absolute atomic E-state index is 0.0784. The second-order valence-corrected chi connectivity index (χ2v) is 4.63. The molecule has 0 aliphatic rings. The summed E-state index contributed by atoms with van der Waals surface area (Å²) < 4.78 is 0. The molecule has 0 aromatic rings. The van der Waals surface area contributed by atoms with Gasteiger partial charge in [-0.15, -0.1) is 0 Å². The molecule has 0 radical (unpaired) electrons. The van der Waals surface area contributed by atoms with Crippen LogP contribution in [0, 0.1) is 0 Å². The molecule has 0 aromatic heterocycles. The third-order valence-corrected chi connectivity index (χ3v) is 2.93. The van der Waals surface area contributed by atoms with Gasteiger partial charge in [-0.25, -0.2) is 0 Å². The number of carbonyl (C=O) groups is 1. The largest absolute Gasteiger partial charge is 0.396 e. The van der Waals surface area contributed by atoms with Gasteiger partial charge in [-0.1, -0.05) is 19.8 Å². The van der Waals surface area contributed by atoms with Crippen LogP contribution in [-0.4, -0.2) is 36.2 Å². The Kier molecular flexibility index (Phi) is 10.2. The van der Waals surface area contributed by atoms with Gasteiger partial charge in [0.25, 0.3) is 0 Å². The molecule has 0 aromatic carbocycles. The second-order valence-electron chi connectivity index (χ2n) is 4.63. The molecule has 0 aliphatic heterocycles. The van der Waals surface area contributed by atoms with Gasteiger partial charge < -0.3 is 15.7 Å². The van der Waals surface area contributed by atoms with Crippen molar-refractivity contribution in [1.82, 2.24) is 10.6 Å². The molecule has 0 saturated heterocycles. The number of rotatable bonds is 10. The number of hydrogen-bond acceptors (Lipinski definition) is 3. The highest BCUT2D eigenvalue weighted by Crippen LogP contribution is 1.98. The maximum atomic E-state index is 11.7. The summed E-state index contributed by atoms with van der Waals surface area (Å²) >= 11 is 0. The Balaban J connectivity index is 3.50. The van der Waals surface area contributed by atoms with Crippen LogP contribution in [0.2, 0.25) is 0 Å². The van der Waals surface area contributed by atoms with E-state index < -0.39 is 0 Å². The fraction of sp³-hybridized carbons (Fsp3) is 0.923. The zero-order valence-corrected chi connectivity index (χ0v) is 11.5. The lowest BCUT2D eigenvalue weighted by molar-refractivity contribution is -0.123. The highest BCUT2D eigenvalue weighted by atomic mass is 16.2. The zero-order valence-electron chi connectivity index (χ0n) is 11.5. The number of carbonyl (C=O) groups excluding carboxylic acids is 1. The van der Waals surface area contributed by atoms with Crippen molar-refractivity contribution in [2.75, 3.05) is 13.2 Å². The SMILES string of the molecule is CCC(C)NC(=O)C(C)NCCCCCCO. The molecule has 0 bridgehead atoms. The summed E-state index contributed by atoms with van der Waals surface area (Å²) in [4.78, 5) is 11.7. The highest BCUT2D eigenvalue weighted by molar-refractivity contribution is 5.81. The van der Waals surface area contributed by atoms with Crippen LogP contribution in [0.1, 0.15) is 52.9 Å². The van der Waals surface area contributed by atoms with E-state index in [9.17, 15) is 4.79 Å². The second kappa shape index (κ2) is 10.5. The molecular formula is C13H28N2O2. The molecular weight excluding hydrogens is 216 g/mol. The van der Waals surface area contributed by atoms with Gasteiger partial charge >= 0.3 is 0 Å². The minimum Gasteiger partial charge on any atom is -0.396 e. The van der Waals surface area contributed by atoms with Crippen LogP contribution in [0.4, 0.5) is 0 Å². The summed E-state index contributed by atoms with van der Waals surface area (Å²) in [6, 6.07) is 0.123. The van der Waals surface area contributed by atoms with Crippen LogP contribution in [-0.2, 0) is 4.79 Å². The van der Waals surface area contributed by atoms with Crippen LogP contribution in [0.3, 0.4) is 0 Å². The molecule has 0 heterocycles. The van der Waals surface area contributed by atoms with E-state index in [2.05, 4.69) is 17.6 Å². The first-order chi connectivity index (χ1) is 8.11. The van der Waals surface area contributed by atoms with Crippen molar-refractivity contribution in [3.63, 3.8) is 0 Å². The number of unbranched alkanes of at least 4 members (excludes halogenated alkanes) is 3. The lowest BCUT2D eigenvalue weighted by Crippen LogP contribution is -2.45. The molecule has 102 valence electrons. The van der Waals surface area contributed by atoms with Crippen LogP contribution in [0.15, 0.2) is 0 Å². The molecule has 0 fully saturated rings. The van der Waals surface area contributed by atoms with E-state index in [0.29, 0.717) is 0 Å². The zero-order chi connectivity index (χ0) is 13.1. The Morgan fingerprint density at radius 1 is 1.18 bits per heavy atom. The monoisotopic (exact) mass is 244 g/mol. The molecule has 3 N–H and O–H groups in total. The number of aliphatic hydroxyl groups is 1. The number of amides is 1. The topological polar surface area (TPSA) is 61.4 Å². The van der Waals surface area contributed by atoms with Gasteiger partial charge in [-0.3, -0.25) is 4.79 Å². The van der Waals surface area contributed by atoms with Gasteiger partial charge in [-0.2, -0.15) is 0 Å². The van der Waals surface area contributed by atoms with Crippen molar-refractivity contribution in [2.45, 2.75) is 65.0 Å². The minimum atomic E-state index is -0.123. The molecule has 2 atom stereocenters. The fourth-order valence-corrected chi connectivity index (χ4v) is 1.47. The van der Waals surface area contributed by atoms with E-state index in [1.165, 1.54) is 0 Å². The van der Waals surface area contributed by atoms with E-state index in [1.54, 1.807) is 0 Å². The van der Waals surface area contributed by atoms with Gasteiger partial charge in [0, 0.05) is 12.6 Å². The molecule has 0 saturated carbocycles. The van der Waals surface area contributed by atoms with Gasteiger partial charge in [0.2, 0.25) is 5.91 Å². The normalized spacial score (nSPS) is 14.4. The summed E-state index contributed by atoms with van der Waals surface area (Å²) in [5.41, 5.74) is 0. The number of hydrogen-bond donors (Lipinski definition) is 3. The molecule has 0 aliphatic carbocycles.